The lowest BCUT2D eigenvalue weighted by Gasteiger charge is -2.06. The monoisotopic (exact) mass is 404 g/mol. The molecule has 0 aliphatic rings. The SMILES string of the molecule is O=C(O)COc1ccc(C=NNC(=O)COc2ccc(-c3ccccc3)cc2)cc1. The van der Waals surface area contributed by atoms with E-state index in [9.17, 15) is 9.59 Å². The van der Waals surface area contributed by atoms with Crippen LogP contribution in [-0.4, -0.2) is 36.4 Å². The quantitative estimate of drug-likeness (QED) is 0.421. The van der Waals surface area contributed by atoms with Crippen molar-refractivity contribution in [1.82, 2.24) is 5.43 Å². The van der Waals surface area contributed by atoms with E-state index >= 15 is 0 Å². The third kappa shape index (κ3) is 6.49. The van der Waals surface area contributed by atoms with Gasteiger partial charge in [-0.1, -0.05) is 42.5 Å². The second-order valence-corrected chi connectivity index (χ2v) is 6.22. The maximum atomic E-state index is 11.9. The first-order valence-corrected chi connectivity index (χ1v) is 9.15. The van der Waals surface area contributed by atoms with E-state index in [1.807, 2.05) is 54.6 Å². The van der Waals surface area contributed by atoms with Crippen molar-refractivity contribution in [3.05, 3.63) is 84.4 Å². The molecule has 7 heteroatoms. The molecule has 30 heavy (non-hydrogen) atoms. The molecule has 3 aromatic rings. The van der Waals surface area contributed by atoms with E-state index in [0.717, 1.165) is 16.7 Å². The topological polar surface area (TPSA) is 97.2 Å². The molecule has 7 nitrogen and oxygen atoms in total. The molecule has 0 heterocycles. The smallest absolute Gasteiger partial charge is 0.341 e. The van der Waals surface area contributed by atoms with Crippen LogP contribution in [0.15, 0.2) is 84.0 Å². The molecule has 0 unspecified atom stereocenters. The van der Waals surface area contributed by atoms with Crippen LogP contribution in [0.2, 0.25) is 0 Å². The Labute approximate surface area is 173 Å². The van der Waals surface area contributed by atoms with Crippen molar-refractivity contribution in [1.29, 1.82) is 0 Å². The van der Waals surface area contributed by atoms with Gasteiger partial charge in [0.25, 0.3) is 5.91 Å². The Kier molecular flexibility index (Phi) is 7.16. The fraction of sp³-hybridized carbons (Fsp3) is 0.0870. The molecule has 0 aliphatic carbocycles. The van der Waals surface area contributed by atoms with Crippen LogP contribution in [0, 0.1) is 0 Å². The Morgan fingerprint density at radius 1 is 0.800 bits per heavy atom. The third-order valence-electron chi connectivity index (χ3n) is 3.98. The first-order valence-electron chi connectivity index (χ1n) is 9.15. The van der Waals surface area contributed by atoms with Crippen molar-refractivity contribution < 1.29 is 24.2 Å². The lowest BCUT2D eigenvalue weighted by atomic mass is 10.1. The van der Waals surface area contributed by atoms with Crippen LogP contribution in [-0.2, 0) is 9.59 Å². The highest BCUT2D eigenvalue weighted by Crippen LogP contribution is 2.21. The Hall–Kier alpha value is -4.13. The summed E-state index contributed by atoms with van der Waals surface area (Å²) < 4.78 is 10.5. The number of carboxylic acids is 1. The van der Waals surface area contributed by atoms with Crippen molar-refractivity contribution >= 4 is 18.1 Å². The zero-order valence-corrected chi connectivity index (χ0v) is 16.0. The van der Waals surface area contributed by atoms with Gasteiger partial charge in [0.1, 0.15) is 11.5 Å². The van der Waals surface area contributed by atoms with Crippen molar-refractivity contribution in [2.75, 3.05) is 13.2 Å². The summed E-state index contributed by atoms with van der Waals surface area (Å²) in [4.78, 5) is 22.3. The molecule has 0 spiro atoms. The maximum absolute atomic E-state index is 11.9. The minimum absolute atomic E-state index is 0.163. The zero-order chi connectivity index (χ0) is 21.2. The molecule has 0 saturated heterocycles. The Morgan fingerprint density at radius 3 is 2.00 bits per heavy atom. The summed E-state index contributed by atoms with van der Waals surface area (Å²) in [5.74, 6) is -0.409. The second-order valence-electron chi connectivity index (χ2n) is 6.22. The fourth-order valence-electron chi connectivity index (χ4n) is 2.53. The van der Waals surface area contributed by atoms with Crippen LogP contribution < -0.4 is 14.9 Å². The number of hydrogen-bond donors (Lipinski definition) is 2. The van der Waals surface area contributed by atoms with Gasteiger partial charge >= 0.3 is 5.97 Å². The van der Waals surface area contributed by atoms with Gasteiger partial charge in [0.05, 0.1) is 6.21 Å². The standard InChI is InChI=1S/C23H20N2O5/c26-22(25-24-14-17-6-10-20(11-7-17)30-16-23(27)28)15-29-21-12-8-19(9-13-21)18-4-2-1-3-5-18/h1-14H,15-16H2,(H,25,26)(H,27,28). The molecule has 0 atom stereocenters. The number of nitrogens with one attached hydrogen (secondary N) is 1. The van der Waals surface area contributed by atoms with Gasteiger partial charge in [0.15, 0.2) is 13.2 Å². The zero-order valence-electron chi connectivity index (χ0n) is 16.0. The number of hydrogen-bond acceptors (Lipinski definition) is 5. The molecule has 0 radical (unpaired) electrons. The molecule has 0 bridgehead atoms. The van der Waals surface area contributed by atoms with Crippen LogP contribution in [0.25, 0.3) is 11.1 Å². The summed E-state index contributed by atoms with van der Waals surface area (Å²) >= 11 is 0. The number of hydrazone groups is 1. The number of nitrogens with zero attached hydrogens (tertiary/aromatic N) is 1. The average Bonchev–Trinajstić information content (AvgIpc) is 2.78. The summed E-state index contributed by atoms with van der Waals surface area (Å²) in [5, 5.41) is 12.4. The van der Waals surface area contributed by atoms with Gasteiger partial charge < -0.3 is 14.6 Å². The van der Waals surface area contributed by atoms with Gasteiger partial charge in [-0.15, -0.1) is 0 Å². The Balaban J connectivity index is 1.43. The lowest BCUT2D eigenvalue weighted by molar-refractivity contribution is -0.139. The summed E-state index contributed by atoms with van der Waals surface area (Å²) in [6.07, 6.45) is 1.47. The summed E-state index contributed by atoms with van der Waals surface area (Å²) in [5.41, 5.74) is 5.28. The van der Waals surface area contributed by atoms with E-state index in [1.165, 1.54) is 6.21 Å². The van der Waals surface area contributed by atoms with Crippen molar-refractivity contribution in [2.24, 2.45) is 5.10 Å². The highest BCUT2D eigenvalue weighted by molar-refractivity contribution is 5.83. The normalized spacial score (nSPS) is 10.5. The molecule has 2 N–H and O–H groups in total. The molecule has 3 rings (SSSR count). The number of amides is 1. The lowest BCUT2D eigenvalue weighted by Crippen LogP contribution is -2.24. The highest BCUT2D eigenvalue weighted by atomic mass is 16.5. The Morgan fingerprint density at radius 2 is 1.37 bits per heavy atom. The predicted octanol–water partition coefficient (Wildman–Crippen LogP) is 3.35. The molecule has 0 saturated carbocycles. The maximum Gasteiger partial charge on any atom is 0.341 e. The largest absolute Gasteiger partial charge is 0.484 e. The minimum Gasteiger partial charge on any atom is -0.484 e. The second kappa shape index (κ2) is 10.4. The van der Waals surface area contributed by atoms with Gasteiger partial charge in [-0.3, -0.25) is 4.79 Å². The number of carbonyl (C=O) groups excluding carboxylic acids is 1. The third-order valence-corrected chi connectivity index (χ3v) is 3.98. The van der Waals surface area contributed by atoms with Crippen LogP contribution in [0.1, 0.15) is 5.56 Å². The molecular formula is C23H20N2O5. The minimum atomic E-state index is -1.04. The number of aliphatic carboxylic acids is 1. The van der Waals surface area contributed by atoms with Crippen LogP contribution in [0.5, 0.6) is 11.5 Å². The average molecular weight is 404 g/mol. The van der Waals surface area contributed by atoms with E-state index in [-0.39, 0.29) is 12.5 Å². The first-order chi connectivity index (χ1) is 14.6. The van der Waals surface area contributed by atoms with Crippen molar-refractivity contribution in [3.8, 4) is 22.6 Å². The molecule has 152 valence electrons. The van der Waals surface area contributed by atoms with E-state index < -0.39 is 12.6 Å². The van der Waals surface area contributed by atoms with Crippen LogP contribution >= 0.6 is 0 Å². The highest BCUT2D eigenvalue weighted by Gasteiger charge is 2.03. The van der Waals surface area contributed by atoms with Crippen LogP contribution in [0.4, 0.5) is 0 Å². The molecule has 1 amide bonds. The fourth-order valence-corrected chi connectivity index (χ4v) is 2.53. The molecule has 0 aromatic heterocycles. The molecule has 0 aliphatic heterocycles. The Bertz CT molecular complexity index is 1000. The van der Waals surface area contributed by atoms with Crippen molar-refractivity contribution in [2.45, 2.75) is 0 Å². The predicted molar refractivity (Wildman–Crippen MR) is 113 cm³/mol. The number of carboxylic acid groups (broad SMARTS) is 1. The van der Waals surface area contributed by atoms with Crippen LogP contribution in [0.3, 0.4) is 0 Å². The van der Waals surface area contributed by atoms with Gasteiger partial charge in [-0.25, -0.2) is 10.2 Å². The number of ether oxygens (including phenoxy) is 2. The van der Waals surface area contributed by atoms with E-state index in [0.29, 0.717) is 11.5 Å². The number of carbonyl (C=O) groups is 2. The summed E-state index contributed by atoms with van der Waals surface area (Å²) in [7, 11) is 0. The number of benzene rings is 3. The van der Waals surface area contributed by atoms with E-state index in [2.05, 4.69) is 10.5 Å². The van der Waals surface area contributed by atoms with Gasteiger partial charge in [-0.05, 0) is 53.1 Å². The summed E-state index contributed by atoms with van der Waals surface area (Å²) in [6, 6.07) is 24.1. The molecule has 0 fully saturated rings. The van der Waals surface area contributed by atoms with Gasteiger partial charge in [0.2, 0.25) is 0 Å². The molecule has 3 aromatic carbocycles. The molecular weight excluding hydrogens is 384 g/mol. The van der Waals surface area contributed by atoms with E-state index in [1.54, 1.807) is 24.3 Å². The van der Waals surface area contributed by atoms with Gasteiger partial charge in [-0.2, -0.15) is 5.10 Å². The number of rotatable bonds is 9. The van der Waals surface area contributed by atoms with Gasteiger partial charge in [0, 0.05) is 0 Å². The summed E-state index contributed by atoms with van der Waals surface area (Å²) in [6.45, 7) is -0.567. The van der Waals surface area contributed by atoms with E-state index in [4.69, 9.17) is 14.6 Å². The van der Waals surface area contributed by atoms with Crippen molar-refractivity contribution in [3.63, 3.8) is 0 Å². The first kappa shape index (κ1) is 20.6.